The molecule has 0 aliphatic rings. The number of nitrogens with one attached hydrogen (secondary N) is 1. The average molecular weight is 279 g/mol. The molecule has 18 heavy (non-hydrogen) atoms. The molecule has 0 aliphatic carbocycles. The van der Waals surface area contributed by atoms with Crippen molar-refractivity contribution in [2.24, 2.45) is 5.92 Å². The van der Waals surface area contributed by atoms with Crippen LogP contribution in [0.15, 0.2) is 16.5 Å². The lowest BCUT2D eigenvalue weighted by molar-refractivity contribution is 0.205. The Hall–Kier alpha value is -0.590. The normalized spacial score (nSPS) is 15.0. The van der Waals surface area contributed by atoms with Crippen LogP contribution in [0.4, 0.5) is 8.78 Å². The highest BCUT2D eigenvalue weighted by atomic mass is 32.2. The Morgan fingerprint density at radius 3 is 2.61 bits per heavy atom. The third kappa shape index (κ3) is 5.37. The number of hydrogen-bond acceptors (Lipinski definition) is 4. The van der Waals surface area contributed by atoms with E-state index in [1.54, 1.807) is 12.1 Å². The van der Waals surface area contributed by atoms with Gasteiger partial charge < -0.3 is 14.8 Å². The zero-order chi connectivity index (χ0) is 13.5. The highest BCUT2D eigenvalue weighted by Gasteiger charge is 2.12. The summed E-state index contributed by atoms with van der Waals surface area (Å²) >= 11 is 0.550. The van der Waals surface area contributed by atoms with Crippen LogP contribution in [-0.4, -0.2) is 23.5 Å². The molecule has 0 aromatic carbocycles. The van der Waals surface area contributed by atoms with Crippen molar-refractivity contribution in [3.63, 3.8) is 0 Å². The molecule has 0 bridgehead atoms. The first-order valence-electron chi connectivity index (χ1n) is 5.84. The van der Waals surface area contributed by atoms with Crippen molar-refractivity contribution in [3.8, 4) is 0 Å². The van der Waals surface area contributed by atoms with Gasteiger partial charge in [-0.25, -0.2) is 0 Å². The van der Waals surface area contributed by atoms with E-state index in [2.05, 4.69) is 5.32 Å². The molecular formula is C12H19F2NO2S. The van der Waals surface area contributed by atoms with Gasteiger partial charge in [0.2, 0.25) is 0 Å². The minimum absolute atomic E-state index is 0.128. The first kappa shape index (κ1) is 15.5. The van der Waals surface area contributed by atoms with Crippen molar-refractivity contribution < 1.29 is 18.3 Å². The Labute approximate surface area is 110 Å². The zero-order valence-electron chi connectivity index (χ0n) is 10.5. The molecule has 3 nitrogen and oxygen atoms in total. The second kappa shape index (κ2) is 7.76. The highest BCUT2D eigenvalue weighted by molar-refractivity contribution is 7.98. The number of furan rings is 1. The Morgan fingerprint density at radius 1 is 1.33 bits per heavy atom. The molecule has 2 atom stereocenters. The standard InChI is InChI=1S/C12H19F2NO2S/c1-8(6-16)9(2)15-5-10-3-4-11(17-10)7-18-12(13)14/h3-4,8-9,12,15-16H,5-7H2,1-2H3. The first-order valence-corrected chi connectivity index (χ1v) is 6.89. The van der Waals surface area contributed by atoms with E-state index in [0.717, 1.165) is 5.76 Å². The van der Waals surface area contributed by atoms with E-state index in [-0.39, 0.29) is 24.3 Å². The summed E-state index contributed by atoms with van der Waals surface area (Å²) in [7, 11) is 0. The van der Waals surface area contributed by atoms with Crippen LogP contribution in [0.2, 0.25) is 0 Å². The Bertz CT molecular complexity index is 347. The summed E-state index contributed by atoms with van der Waals surface area (Å²) in [5.74, 6) is -0.756. The van der Waals surface area contributed by atoms with Gasteiger partial charge in [-0.05, 0) is 25.0 Å². The summed E-state index contributed by atoms with van der Waals surface area (Å²) < 4.78 is 29.4. The second-order valence-electron chi connectivity index (χ2n) is 4.27. The number of rotatable bonds is 8. The van der Waals surface area contributed by atoms with E-state index < -0.39 is 5.76 Å². The first-order chi connectivity index (χ1) is 8.52. The van der Waals surface area contributed by atoms with Crippen LogP contribution in [0.5, 0.6) is 0 Å². The maximum absolute atomic E-state index is 12.0. The zero-order valence-corrected chi connectivity index (χ0v) is 11.3. The second-order valence-corrected chi connectivity index (χ2v) is 5.25. The van der Waals surface area contributed by atoms with Gasteiger partial charge >= 0.3 is 0 Å². The van der Waals surface area contributed by atoms with Gasteiger partial charge in [-0.2, -0.15) is 8.78 Å². The largest absolute Gasteiger partial charge is 0.464 e. The maximum Gasteiger partial charge on any atom is 0.284 e. The Kier molecular flexibility index (Phi) is 6.67. The lowest BCUT2D eigenvalue weighted by Gasteiger charge is -2.18. The minimum Gasteiger partial charge on any atom is -0.464 e. The number of alkyl halides is 2. The molecule has 2 unspecified atom stereocenters. The molecule has 0 saturated carbocycles. The number of aliphatic hydroxyl groups is 1. The van der Waals surface area contributed by atoms with E-state index in [4.69, 9.17) is 9.52 Å². The number of hydrogen-bond donors (Lipinski definition) is 2. The van der Waals surface area contributed by atoms with E-state index >= 15 is 0 Å². The average Bonchev–Trinajstić information content (AvgIpc) is 2.80. The van der Waals surface area contributed by atoms with Gasteiger partial charge in [0.15, 0.2) is 0 Å². The van der Waals surface area contributed by atoms with Gasteiger partial charge in [-0.1, -0.05) is 18.7 Å². The number of thioether (sulfide) groups is 1. The maximum atomic E-state index is 12.0. The molecule has 0 aliphatic heterocycles. The highest BCUT2D eigenvalue weighted by Crippen LogP contribution is 2.21. The summed E-state index contributed by atoms with van der Waals surface area (Å²) in [5, 5.41) is 12.2. The van der Waals surface area contributed by atoms with Gasteiger partial charge in [0.1, 0.15) is 11.5 Å². The van der Waals surface area contributed by atoms with Gasteiger partial charge in [-0.3, -0.25) is 0 Å². The molecule has 1 rings (SSSR count). The lowest BCUT2D eigenvalue weighted by Crippen LogP contribution is -2.33. The third-order valence-corrected chi connectivity index (χ3v) is 3.51. The molecule has 1 aromatic rings. The summed E-state index contributed by atoms with van der Waals surface area (Å²) in [4.78, 5) is 0. The van der Waals surface area contributed by atoms with Crippen molar-refractivity contribution in [1.82, 2.24) is 5.32 Å². The molecule has 6 heteroatoms. The van der Waals surface area contributed by atoms with Crippen molar-refractivity contribution in [1.29, 1.82) is 0 Å². The fraction of sp³-hybridized carbons (Fsp3) is 0.667. The SMILES string of the molecule is CC(CO)C(C)NCc1ccc(CSC(F)F)o1. The Morgan fingerprint density at radius 2 is 2.00 bits per heavy atom. The number of halogens is 2. The van der Waals surface area contributed by atoms with Gasteiger partial charge in [0.05, 0.1) is 12.3 Å². The fourth-order valence-corrected chi connectivity index (χ4v) is 1.81. The molecule has 1 aromatic heterocycles. The van der Waals surface area contributed by atoms with Gasteiger partial charge in [-0.15, -0.1) is 0 Å². The van der Waals surface area contributed by atoms with Crippen molar-refractivity contribution in [2.75, 3.05) is 6.61 Å². The van der Waals surface area contributed by atoms with Crippen LogP contribution >= 0.6 is 11.8 Å². The van der Waals surface area contributed by atoms with Crippen molar-refractivity contribution >= 4 is 11.8 Å². The molecule has 0 fully saturated rings. The Balaban J connectivity index is 2.35. The predicted octanol–water partition coefficient (Wildman–Crippen LogP) is 2.84. The topological polar surface area (TPSA) is 45.4 Å². The third-order valence-electron chi connectivity index (χ3n) is 2.81. The monoisotopic (exact) mass is 279 g/mol. The van der Waals surface area contributed by atoms with Crippen molar-refractivity contribution in [2.45, 2.75) is 37.9 Å². The lowest BCUT2D eigenvalue weighted by atomic mass is 10.1. The van der Waals surface area contributed by atoms with Crippen LogP contribution < -0.4 is 5.32 Å². The smallest absolute Gasteiger partial charge is 0.284 e. The van der Waals surface area contributed by atoms with Crippen molar-refractivity contribution in [3.05, 3.63) is 23.7 Å². The molecule has 0 radical (unpaired) electrons. The van der Waals surface area contributed by atoms with E-state index in [9.17, 15) is 8.78 Å². The van der Waals surface area contributed by atoms with E-state index in [1.807, 2.05) is 13.8 Å². The molecule has 0 spiro atoms. The van der Waals surface area contributed by atoms with Crippen LogP contribution in [0.3, 0.4) is 0 Å². The van der Waals surface area contributed by atoms with Crippen LogP contribution in [0.1, 0.15) is 25.4 Å². The van der Waals surface area contributed by atoms with Crippen LogP contribution in [0.25, 0.3) is 0 Å². The molecular weight excluding hydrogens is 260 g/mol. The van der Waals surface area contributed by atoms with E-state index in [1.165, 1.54) is 0 Å². The molecule has 1 heterocycles. The summed E-state index contributed by atoms with van der Waals surface area (Å²) in [5.41, 5.74) is 0. The molecule has 0 amide bonds. The summed E-state index contributed by atoms with van der Waals surface area (Å²) in [6.07, 6.45) is 0. The molecule has 2 N–H and O–H groups in total. The minimum atomic E-state index is -2.37. The van der Waals surface area contributed by atoms with E-state index in [0.29, 0.717) is 24.1 Å². The quantitative estimate of drug-likeness (QED) is 0.768. The van der Waals surface area contributed by atoms with Crippen LogP contribution in [0, 0.1) is 5.92 Å². The summed E-state index contributed by atoms with van der Waals surface area (Å²) in [6, 6.07) is 3.66. The molecule has 104 valence electrons. The van der Waals surface area contributed by atoms with Gasteiger partial charge in [0, 0.05) is 12.6 Å². The summed E-state index contributed by atoms with van der Waals surface area (Å²) in [6.45, 7) is 4.59. The fourth-order valence-electron chi connectivity index (χ4n) is 1.36. The molecule has 0 saturated heterocycles. The van der Waals surface area contributed by atoms with Crippen LogP contribution in [-0.2, 0) is 12.3 Å². The van der Waals surface area contributed by atoms with Gasteiger partial charge in [0.25, 0.3) is 5.76 Å². The predicted molar refractivity (Wildman–Crippen MR) is 68.6 cm³/mol. The number of aliphatic hydroxyl groups excluding tert-OH is 1.